The lowest BCUT2D eigenvalue weighted by atomic mass is 10.0. The second-order valence-electron chi connectivity index (χ2n) is 5.59. The second-order valence-corrected chi connectivity index (χ2v) is 5.59. The number of aliphatic hydroxyl groups is 1. The molecule has 1 aliphatic rings. The summed E-state index contributed by atoms with van der Waals surface area (Å²) >= 11 is 0. The molecule has 96 valence electrons. The zero-order chi connectivity index (χ0) is 12.0. The van der Waals surface area contributed by atoms with E-state index in [2.05, 4.69) is 10.2 Å². The summed E-state index contributed by atoms with van der Waals surface area (Å²) in [6, 6.07) is 0.161. The normalized spacial score (nSPS) is 21.0. The number of nitrogens with zero attached hydrogens (tertiary/aromatic N) is 1. The van der Waals surface area contributed by atoms with Crippen LogP contribution < -0.4 is 5.32 Å². The van der Waals surface area contributed by atoms with Crippen molar-refractivity contribution in [3.63, 3.8) is 0 Å². The van der Waals surface area contributed by atoms with E-state index in [4.69, 9.17) is 0 Å². The van der Waals surface area contributed by atoms with Crippen molar-refractivity contribution in [1.82, 2.24) is 10.2 Å². The number of rotatable bonds is 6. The third-order valence-corrected chi connectivity index (χ3v) is 3.61. The van der Waals surface area contributed by atoms with E-state index in [1.165, 1.54) is 45.3 Å². The van der Waals surface area contributed by atoms with Crippen LogP contribution in [0.5, 0.6) is 0 Å². The Labute approximate surface area is 100 Å². The van der Waals surface area contributed by atoms with E-state index in [9.17, 15) is 5.11 Å². The van der Waals surface area contributed by atoms with Gasteiger partial charge in [-0.3, -0.25) is 0 Å². The fourth-order valence-corrected chi connectivity index (χ4v) is 2.05. The molecule has 1 unspecified atom stereocenters. The summed E-state index contributed by atoms with van der Waals surface area (Å²) in [7, 11) is 0. The summed E-state index contributed by atoms with van der Waals surface area (Å²) in [5.74, 6) is 0. The largest absolute Gasteiger partial charge is 0.389 e. The average molecular weight is 228 g/mol. The minimum absolute atomic E-state index is 0.161. The minimum atomic E-state index is -0.620. The molecular weight excluding hydrogens is 200 g/mol. The van der Waals surface area contributed by atoms with E-state index < -0.39 is 5.60 Å². The molecule has 3 heteroatoms. The molecule has 0 amide bonds. The van der Waals surface area contributed by atoms with Gasteiger partial charge >= 0.3 is 0 Å². The number of hydrogen-bond acceptors (Lipinski definition) is 3. The smallest absolute Gasteiger partial charge is 0.0741 e. The minimum Gasteiger partial charge on any atom is -0.389 e. The molecule has 1 aliphatic heterocycles. The van der Waals surface area contributed by atoms with Crippen LogP contribution in [-0.4, -0.2) is 47.8 Å². The van der Waals surface area contributed by atoms with Gasteiger partial charge in [0, 0.05) is 6.04 Å². The highest BCUT2D eigenvalue weighted by Crippen LogP contribution is 2.09. The molecule has 1 heterocycles. The predicted molar refractivity (Wildman–Crippen MR) is 68.7 cm³/mol. The first kappa shape index (κ1) is 13.9. The van der Waals surface area contributed by atoms with E-state index in [0.717, 1.165) is 6.54 Å². The lowest BCUT2D eigenvalue weighted by Crippen LogP contribution is -2.45. The van der Waals surface area contributed by atoms with Crippen molar-refractivity contribution in [3.8, 4) is 0 Å². The summed E-state index contributed by atoms with van der Waals surface area (Å²) in [5, 5.41) is 13.1. The highest BCUT2D eigenvalue weighted by atomic mass is 16.3. The van der Waals surface area contributed by atoms with Gasteiger partial charge in [-0.05, 0) is 66.2 Å². The Hall–Kier alpha value is -0.120. The molecule has 0 aliphatic carbocycles. The maximum absolute atomic E-state index is 9.76. The molecule has 3 nitrogen and oxygen atoms in total. The molecule has 0 aromatic carbocycles. The van der Waals surface area contributed by atoms with E-state index >= 15 is 0 Å². The van der Waals surface area contributed by atoms with Crippen molar-refractivity contribution in [2.45, 2.75) is 58.1 Å². The molecule has 0 aromatic rings. The molecule has 0 bridgehead atoms. The zero-order valence-electron chi connectivity index (χ0n) is 11.1. The van der Waals surface area contributed by atoms with Gasteiger partial charge in [0.1, 0.15) is 0 Å². The van der Waals surface area contributed by atoms with Crippen molar-refractivity contribution in [1.29, 1.82) is 0 Å². The van der Waals surface area contributed by atoms with Gasteiger partial charge in [-0.2, -0.15) is 0 Å². The van der Waals surface area contributed by atoms with Crippen LogP contribution in [0.1, 0.15) is 46.5 Å². The van der Waals surface area contributed by atoms with Gasteiger partial charge in [0.15, 0.2) is 0 Å². The van der Waals surface area contributed by atoms with Gasteiger partial charge in [0.2, 0.25) is 0 Å². The Morgan fingerprint density at radius 1 is 1.25 bits per heavy atom. The summed E-state index contributed by atoms with van der Waals surface area (Å²) < 4.78 is 0. The Kier molecular flexibility index (Phi) is 5.73. The molecule has 0 saturated carbocycles. The highest BCUT2D eigenvalue weighted by Gasteiger charge is 2.21. The number of nitrogens with one attached hydrogen (secondary N) is 1. The van der Waals surface area contributed by atoms with Crippen molar-refractivity contribution in [3.05, 3.63) is 0 Å². The summed E-state index contributed by atoms with van der Waals surface area (Å²) in [6.07, 6.45) is 5.33. The van der Waals surface area contributed by atoms with Crippen molar-refractivity contribution >= 4 is 0 Å². The first-order valence-electron chi connectivity index (χ1n) is 6.68. The van der Waals surface area contributed by atoms with Crippen LogP contribution in [0.25, 0.3) is 0 Å². The van der Waals surface area contributed by atoms with E-state index in [-0.39, 0.29) is 6.04 Å². The van der Waals surface area contributed by atoms with Gasteiger partial charge in [-0.25, -0.2) is 0 Å². The van der Waals surface area contributed by atoms with Crippen molar-refractivity contribution < 1.29 is 5.11 Å². The van der Waals surface area contributed by atoms with Crippen LogP contribution in [0.3, 0.4) is 0 Å². The third kappa shape index (κ3) is 5.28. The predicted octanol–water partition coefficient (Wildman–Crippen LogP) is 1.61. The van der Waals surface area contributed by atoms with Gasteiger partial charge in [-0.15, -0.1) is 0 Å². The molecule has 0 aromatic heterocycles. The van der Waals surface area contributed by atoms with Crippen LogP contribution in [0.4, 0.5) is 0 Å². The first-order valence-corrected chi connectivity index (χ1v) is 6.68. The molecule has 0 spiro atoms. The van der Waals surface area contributed by atoms with Crippen molar-refractivity contribution in [2.75, 3.05) is 26.2 Å². The van der Waals surface area contributed by atoms with Crippen LogP contribution in [0.15, 0.2) is 0 Å². The van der Waals surface area contributed by atoms with E-state index in [0.29, 0.717) is 0 Å². The van der Waals surface area contributed by atoms with Gasteiger partial charge in [0.05, 0.1) is 5.60 Å². The number of piperidine rings is 1. The van der Waals surface area contributed by atoms with Crippen molar-refractivity contribution in [2.24, 2.45) is 0 Å². The standard InChI is InChI=1S/C13H28N2O/c1-12(13(2,3)16)14-8-7-11-15-9-5-4-6-10-15/h12,14,16H,4-11H2,1-3H3. The lowest BCUT2D eigenvalue weighted by molar-refractivity contribution is 0.0440. The monoisotopic (exact) mass is 228 g/mol. The summed E-state index contributed by atoms with van der Waals surface area (Å²) in [5.41, 5.74) is -0.620. The van der Waals surface area contributed by atoms with Gasteiger partial charge in [0.25, 0.3) is 0 Å². The maximum Gasteiger partial charge on any atom is 0.0741 e. The Morgan fingerprint density at radius 2 is 1.88 bits per heavy atom. The quantitative estimate of drug-likeness (QED) is 0.678. The Bertz CT molecular complexity index is 183. The van der Waals surface area contributed by atoms with Gasteiger partial charge in [-0.1, -0.05) is 6.42 Å². The average Bonchev–Trinajstić information content (AvgIpc) is 2.24. The Balaban J connectivity index is 2.02. The number of likely N-dealkylation sites (tertiary alicyclic amines) is 1. The maximum atomic E-state index is 9.76. The second kappa shape index (κ2) is 6.58. The van der Waals surface area contributed by atoms with Crippen LogP contribution >= 0.6 is 0 Å². The molecule has 0 radical (unpaired) electrons. The van der Waals surface area contributed by atoms with E-state index in [1.807, 2.05) is 20.8 Å². The lowest BCUT2D eigenvalue weighted by Gasteiger charge is -2.29. The van der Waals surface area contributed by atoms with Crippen LogP contribution in [0, 0.1) is 0 Å². The molecule has 16 heavy (non-hydrogen) atoms. The van der Waals surface area contributed by atoms with E-state index in [1.54, 1.807) is 0 Å². The first-order chi connectivity index (χ1) is 7.50. The molecule has 1 rings (SSSR count). The topological polar surface area (TPSA) is 35.5 Å². The third-order valence-electron chi connectivity index (χ3n) is 3.61. The van der Waals surface area contributed by atoms with Crippen LogP contribution in [0.2, 0.25) is 0 Å². The molecule has 1 atom stereocenters. The molecular formula is C13H28N2O. The Morgan fingerprint density at radius 3 is 2.44 bits per heavy atom. The van der Waals surface area contributed by atoms with Crippen LogP contribution in [-0.2, 0) is 0 Å². The molecule has 1 fully saturated rings. The SMILES string of the molecule is CC(NCCCN1CCCCC1)C(C)(C)O. The molecule has 1 saturated heterocycles. The summed E-state index contributed by atoms with van der Waals surface area (Å²) in [6.45, 7) is 10.5. The molecule has 2 N–H and O–H groups in total. The highest BCUT2D eigenvalue weighted by molar-refractivity contribution is 4.79. The summed E-state index contributed by atoms with van der Waals surface area (Å²) in [4.78, 5) is 2.56. The number of hydrogen-bond donors (Lipinski definition) is 2. The van der Waals surface area contributed by atoms with Gasteiger partial charge < -0.3 is 15.3 Å². The fourth-order valence-electron chi connectivity index (χ4n) is 2.05. The zero-order valence-corrected chi connectivity index (χ0v) is 11.1. The fraction of sp³-hybridized carbons (Fsp3) is 1.00.